The Bertz CT molecular complexity index is 969. The maximum Gasteiger partial charge on any atom is 0.248 e. The lowest BCUT2D eigenvalue weighted by molar-refractivity contribution is -0.139. The van der Waals surface area contributed by atoms with Crippen molar-refractivity contribution < 1.29 is 19.5 Å². The maximum atomic E-state index is 13.9. The van der Waals surface area contributed by atoms with E-state index in [4.69, 9.17) is 0 Å². The number of rotatable bonds is 13. The number of aliphatic hydroxyl groups is 1. The summed E-state index contributed by atoms with van der Waals surface area (Å²) < 4.78 is -0.571. The Labute approximate surface area is 224 Å². The van der Waals surface area contributed by atoms with E-state index in [1.54, 1.807) is 16.7 Å². The molecule has 3 N–H and O–H groups in total. The molecule has 37 heavy (non-hydrogen) atoms. The summed E-state index contributed by atoms with van der Waals surface area (Å²) in [4.78, 5) is 44.9. The molecular weight excluding hydrogens is 488 g/mol. The first-order chi connectivity index (χ1) is 17.9. The van der Waals surface area contributed by atoms with Crippen LogP contribution in [0.5, 0.6) is 0 Å². The van der Waals surface area contributed by atoms with Crippen LogP contribution in [0.25, 0.3) is 0 Å². The first-order valence-corrected chi connectivity index (χ1v) is 14.8. The average molecular weight is 531 g/mol. The Morgan fingerprint density at radius 2 is 1.84 bits per heavy atom. The highest BCUT2D eigenvalue weighted by atomic mass is 32.2. The van der Waals surface area contributed by atoms with Gasteiger partial charge in [-0.3, -0.25) is 14.4 Å². The second kappa shape index (κ2) is 12.1. The third-order valence-electron chi connectivity index (χ3n) is 8.22. The van der Waals surface area contributed by atoms with Crippen LogP contribution < -0.4 is 15.5 Å². The summed E-state index contributed by atoms with van der Waals surface area (Å²) in [5.74, 6) is -1.13. The Balaban J connectivity index is 1.58. The predicted octanol–water partition coefficient (Wildman–Crippen LogP) is 3.25. The first-order valence-electron chi connectivity index (χ1n) is 13.9. The van der Waals surface area contributed by atoms with Gasteiger partial charge in [0.2, 0.25) is 17.7 Å². The Morgan fingerprint density at radius 1 is 1.11 bits per heavy atom. The van der Waals surface area contributed by atoms with Crippen molar-refractivity contribution in [2.75, 3.05) is 43.0 Å². The van der Waals surface area contributed by atoms with Crippen molar-refractivity contribution in [3.63, 3.8) is 0 Å². The number of nitrogens with zero attached hydrogens (tertiary/aromatic N) is 2. The van der Waals surface area contributed by atoms with Crippen LogP contribution >= 0.6 is 11.8 Å². The summed E-state index contributed by atoms with van der Waals surface area (Å²) in [7, 11) is 0. The minimum absolute atomic E-state index is 0.0486. The van der Waals surface area contributed by atoms with Crippen molar-refractivity contribution in [3.8, 4) is 0 Å². The van der Waals surface area contributed by atoms with Gasteiger partial charge in [0.1, 0.15) is 6.04 Å². The van der Waals surface area contributed by atoms with Gasteiger partial charge in [0.25, 0.3) is 0 Å². The van der Waals surface area contributed by atoms with E-state index in [0.717, 1.165) is 50.9 Å². The summed E-state index contributed by atoms with van der Waals surface area (Å²) in [6, 6.07) is 7.26. The zero-order chi connectivity index (χ0) is 26.6. The summed E-state index contributed by atoms with van der Waals surface area (Å²) in [5, 5.41) is 15.4. The van der Waals surface area contributed by atoms with E-state index >= 15 is 0 Å². The quantitative estimate of drug-likeness (QED) is 0.339. The molecule has 0 aliphatic carbocycles. The molecule has 0 aromatic heterocycles. The van der Waals surface area contributed by atoms with Gasteiger partial charge in [-0.1, -0.05) is 6.92 Å². The molecular formula is C28H42N4O4S. The number of hydrogen-bond acceptors (Lipinski definition) is 6. The number of benzene rings is 1. The number of fused-ring (bicyclic) bond motifs is 1. The molecule has 9 heteroatoms. The largest absolute Gasteiger partial charge is 0.396 e. The highest BCUT2D eigenvalue weighted by Gasteiger charge is 2.73. The minimum Gasteiger partial charge on any atom is -0.396 e. The molecule has 2 bridgehead atoms. The Hall–Kier alpha value is -2.26. The third-order valence-corrected chi connectivity index (χ3v) is 10.2. The van der Waals surface area contributed by atoms with Crippen molar-refractivity contribution in [3.05, 3.63) is 24.3 Å². The van der Waals surface area contributed by atoms with Crippen LogP contribution in [-0.4, -0.2) is 76.6 Å². The van der Waals surface area contributed by atoms with Gasteiger partial charge < -0.3 is 25.5 Å². The lowest BCUT2D eigenvalue weighted by Gasteiger charge is -2.34. The number of likely N-dealkylation sites (tertiary alicyclic amines) is 1. The number of amides is 3. The van der Waals surface area contributed by atoms with Gasteiger partial charge in [0, 0.05) is 49.4 Å². The van der Waals surface area contributed by atoms with Crippen LogP contribution in [0.2, 0.25) is 0 Å². The predicted molar refractivity (Wildman–Crippen MR) is 149 cm³/mol. The van der Waals surface area contributed by atoms with Gasteiger partial charge in [0.15, 0.2) is 0 Å². The second-order valence-corrected chi connectivity index (χ2v) is 12.0. The highest BCUT2D eigenvalue weighted by Crippen LogP contribution is 2.66. The van der Waals surface area contributed by atoms with Gasteiger partial charge in [-0.15, -0.1) is 11.8 Å². The molecule has 1 spiro atoms. The number of nitrogens with one attached hydrogen (secondary N) is 2. The summed E-state index contributed by atoms with van der Waals surface area (Å²) in [6.07, 6.45) is 4.63. The first kappa shape index (κ1) is 27.8. The maximum absolute atomic E-state index is 13.9. The van der Waals surface area contributed by atoms with Gasteiger partial charge in [0.05, 0.1) is 16.6 Å². The summed E-state index contributed by atoms with van der Waals surface area (Å²) >= 11 is 1.70. The van der Waals surface area contributed by atoms with E-state index < -0.39 is 16.7 Å². The van der Waals surface area contributed by atoms with E-state index in [1.165, 1.54) is 0 Å². The Kier molecular flexibility index (Phi) is 9.06. The smallest absolute Gasteiger partial charge is 0.248 e. The highest BCUT2D eigenvalue weighted by molar-refractivity contribution is 8.02. The van der Waals surface area contributed by atoms with Crippen LogP contribution in [0.4, 0.5) is 11.4 Å². The van der Waals surface area contributed by atoms with E-state index in [9.17, 15) is 19.5 Å². The van der Waals surface area contributed by atoms with Crippen LogP contribution in [0.1, 0.15) is 59.3 Å². The molecule has 3 aliphatic heterocycles. The number of carbonyl (C=O) groups excluding carboxylic acids is 3. The zero-order valence-corrected chi connectivity index (χ0v) is 23.2. The number of carbonyl (C=O) groups is 3. The molecule has 3 fully saturated rings. The van der Waals surface area contributed by atoms with Crippen molar-refractivity contribution in [2.24, 2.45) is 11.8 Å². The SMILES string of the molecule is CCCNC(=O)[C@@H]1[C@@H]2CCC3(S2)C(C(=O)Nc2ccc(N(CC)CC)cc2)N(CCCCCO)C(=O)[C@H]13. The Morgan fingerprint density at radius 3 is 2.49 bits per heavy atom. The molecule has 0 radical (unpaired) electrons. The monoisotopic (exact) mass is 530 g/mol. The number of hydrogen-bond donors (Lipinski definition) is 3. The third kappa shape index (κ3) is 5.21. The summed E-state index contributed by atoms with van der Waals surface area (Å²) in [6.45, 7) is 9.24. The number of anilines is 2. The van der Waals surface area contributed by atoms with Crippen molar-refractivity contribution >= 4 is 40.9 Å². The molecule has 3 aliphatic rings. The van der Waals surface area contributed by atoms with Crippen LogP contribution in [0.3, 0.4) is 0 Å². The number of thioether (sulfide) groups is 1. The minimum atomic E-state index is -0.611. The van der Waals surface area contributed by atoms with Gasteiger partial charge in [-0.2, -0.15) is 0 Å². The van der Waals surface area contributed by atoms with Crippen LogP contribution in [0.15, 0.2) is 24.3 Å². The van der Waals surface area contributed by atoms with Crippen molar-refractivity contribution in [1.29, 1.82) is 0 Å². The number of unbranched alkanes of at least 4 members (excludes halogenated alkanes) is 2. The van der Waals surface area contributed by atoms with Gasteiger partial charge in [-0.05, 0) is 76.6 Å². The molecule has 1 aromatic rings. The molecule has 3 saturated heterocycles. The lowest BCUT2D eigenvalue weighted by Crippen LogP contribution is -2.51. The molecule has 3 heterocycles. The van der Waals surface area contributed by atoms with Gasteiger partial charge in [-0.25, -0.2) is 0 Å². The standard InChI is InChI=1S/C28H42N4O4S/c1-4-16-29-25(34)22-21-14-15-28(37-21)23(22)27(36)32(17-8-7-9-18-33)24(28)26(35)30-19-10-12-20(13-11-19)31(5-2)6-3/h10-13,21-24,33H,4-9,14-18H2,1-3H3,(H,29,34)(H,30,35)/t21-,22+,23-,24?,28?/m0/s1. The molecule has 1 aromatic carbocycles. The van der Waals surface area contributed by atoms with E-state index in [2.05, 4.69) is 29.4 Å². The van der Waals surface area contributed by atoms with Gasteiger partial charge >= 0.3 is 0 Å². The molecule has 4 rings (SSSR count). The normalized spacial score (nSPS) is 27.9. The molecule has 8 nitrogen and oxygen atoms in total. The molecule has 204 valence electrons. The number of aliphatic hydroxyl groups excluding tert-OH is 1. The molecule has 0 saturated carbocycles. The molecule has 3 amide bonds. The fourth-order valence-electron chi connectivity index (χ4n) is 6.49. The fraction of sp³-hybridized carbons (Fsp3) is 0.679. The van der Waals surface area contributed by atoms with Crippen molar-refractivity contribution in [1.82, 2.24) is 10.2 Å². The lowest BCUT2D eigenvalue weighted by atomic mass is 9.70. The zero-order valence-electron chi connectivity index (χ0n) is 22.4. The summed E-state index contributed by atoms with van der Waals surface area (Å²) in [5.41, 5.74) is 1.82. The second-order valence-electron chi connectivity index (χ2n) is 10.4. The molecule has 5 atom stereocenters. The average Bonchev–Trinajstić information content (AvgIpc) is 3.54. The van der Waals surface area contributed by atoms with E-state index in [0.29, 0.717) is 25.2 Å². The van der Waals surface area contributed by atoms with Crippen LogP contribution in [-0.2, 0) is 14.4 Å². The fourth-order valence-corrected chi connectivity index (χ4v) is 8.71. The van der Waals surface area contributed by atoms with Crippen LogP contribution in [0, 0.1) is 11.8 Å². The topological polar surface area (TPSA) is 102 Å². The van der Waals surface area contributed by atoms with Crippen molar-refractivity contribution in [2.45, 2.75) is 75.3 Å². The molecule has 2 unspecified atom stereocenters. The van der Waals surface area contributed by atoms with E-state index in [-0.39, 0.29) is 35.5 Å². The van der Waals surface area contributed by atoms with E-state index in [1.807, 2.05) is 31.2 Å².